The number of hydrogen-bond donors (Lipinski definition) is 1. The van der Waals surface area contributed by atoms with Gasteiger partial charge in [0.25, 0.3) is 0 Å². The highest BCUT2D eigenvalue weighted by Crippen LogP contribution is 2.30. The zero-order valence-electron chi connectivity index (χ0n) is 11.1. The van der Waals surface area contributed by atoms with Crippen LogP contribution in [0.4, 0.5) is 13.2 Å². The third kappa shape index (κ3) is 4.38. The second kappa shape index (κ2) is 6.45. The highest BCUT2D eigenvalue weighted by atomic mass is 19.4. The number of rotatable bonds is 5. The Bertz CT molecular complexity index is 449. The Labute approximate surface area is 115 Å². The van der Waals surface area contributed by atoms with Crippen molar-refractivity contribution in [2.24, 2.45) is 5.73 Å². The van der Waals surface area contributed by atoms with Gasteiger partial charge in [-0.1, -0.05) is 6.07 Å². The average Bonchev–Trinajstić information content (AvgIpc) is 2.38. The highest BCUT2D eigenvalue weighted by Gasteiger charge is 2.27. The second-order valence-corrected chi connectivity index (χ2v) is 4.88. The molecule has 20 heavy (non-hydrogen) atoms. The molecular weight excluding hydrogens is 271 g/mol. The van der Waals surface area contributed by atoms with E-state index in [9.17, 15) is 13.2 Å². The summed E-state index contributed by atoms with van der Waals surface area (Å²) in [7, 11) is 0. The maximum absolute atomic E-state index is 11.9. The fourth-order valence-corrected chi connectivity index (χ4v) is 2.31. The topological polar surface area (TPSA) is 44.5 Å². The molecule has 1 aliphatic carbocycles. The van der Waals surface area contributed by atoms with Crippen molar-refractivity contribution >= 4 is 0 Å². The summed E-state index contributed by atoms with van der Waals surface area (Å²) in [5.74, 6) is 0.622. The minimum absolute atomic E-state index is 0.0174. The first kappa shape index (κ1) is 15.1. The molecule has 0 bridgehead atoms. The molecule has 2 rings (SSSR count). The lowest BCUT2D eigenvalue weighted by atomic mass is 9.88. The first-order chi connectivity index (χ1) is 9.46. The lowest BCUT2D eigenvalue weighted by molar-refractivity contribution is -0.175. The van der Waals surface area contributed by atoms with E-state index in [1.54, 1.807) is 0 Å². The smallest absolute Gasteiger partial charge is 0.411 e. The molecule has 3 nitrogen and oxygen atoms in total. The number of halogens is 3. The summed E-state index contributed by atoms with van der Waals surface area (Å²) in [5, 5.41) is 0. The molecular formula is C14H18F3NO2. The molecule has 1 aromatic rings. The zero-order valence-corrected chi connectivity index (χ0v) is 11.1. The number of fused-ring (bicyclic) bond motifs is 1. The van der Waals surface area contributed by atoms with Crippen LogP contribution in [0.3, 0.4) is 0 Å². The van der Waals surface area contributed by atoms with Crippen molar-refractivity contribution in [2.45, 2.75) is 31.5 Å². The summed E-state index contributed by atoms with van der Waals surface area (Å²) >= 11 is 0. The van der Waals surface area contributed by atoms with E-state index < -0.39 is 12.8 Å². The van der Waals surface area contributed by atoms with Crippen LogP contribution in [-0.4, -0.2) is 26.0 Å². The third-order valence-electron chi connectivity index (χ3n) is 3.24. The maximum Gasteiger partial charge on any atom is 0.411 e. The summed E-state index contributed by atoms with van der Waals surface area (Å²) in [5.41, 5.74) is 8.33. The van der Waals surface area contributed by atoms with E-state index in [1.165, 1.54) is 5.56 Å². The molecule has 0 fully saturated rings. The molecule has 1 atom stereocenters. The van der Waals surface area contributed by atoms with Crippen LogP contribution in [-0.2, 0) is 11.2 Å². The lowest BCUT2D eigenvalue weighted by Gasteiger charge is -2.22. The van der Waals surface area contributed by atoms with Gasteiger partial charge in [-0.15, -0.1) is 0 Å². The van der Waals surface area contributed by atoms with Gasteiger partial charge in [0.05, 0.1) is 6.61 Å². The first-order valence-electron chi connectivity index (χ1n) is 6.61. The summed E-state index contributed by atoms with van der Waals surface area (Å²) in [4.78, 5) is 0. The van der Waals surface area contributed by atoms with E-state index in [4.69, 9.17) is 10.5 Å². The van der Waals surface area contributed by atoms with Crippen molar-refractivity contribution < 1.29 is 22.6 Å². The highest BCUT2D eigenvalue weighted by molar-refractivity contribution is 5.39. The Hall–Kier alpha value is -1.27. The van der Waals surface area contributed by atoms with Gasteiger partial charge in [-0.2, -0.15) is 13.2 Å². The minimum Gasteiger partial charge on any atom is -0.491 e. The Morgan fingerprint density at radius 1 is 1.25 bits per heavy atom. The van der Waals surface area contributed by atoms with Gasteiger partial charge in [-0.05, 0) is 42.5 Å². The molecule has 1 aromatic carbocycles. The van der Waals surface area contributed by atoms with Gasteiger partial charge in [-0.3, -0.25) is 0 Å². The minimum atomic E-state index is -4.29. The second-order valence-electron chi connectivity index (χ2n) is 4.88. The number of nitrogens with two attached hydrogens (primary N) is 1. The van der Waals surface area contributed by atoms with Crippen molar-refractivity contribution in [1.82, 2.24) is 0 Å². The van der Waals surface area contributed by atoms with Crippen LogP contribution in [0.1, 0.15) is 30.0 Å². The van der Waals surface area contributed by atoms with Gasteiger partial charge in [-0.25, -0.2) is 0 Å². The van der Waals surface area contributed by atoms with E-state index in [-0.39, 0.29) is 19.3 Å². The van der Waals surface area contributed by atoms with Crippen LogP contribution in [0.2, 0.25) is 0 Å². The van der Waals surface area contributed by atoms with Gasteiger partial charge in [0.15, 0.2) is 0 Å². The molecule has 2 N–H and O–H groups in total. The van der Waals surface area contributed by atoms with Crippen LogP contribution < -0.4 is 10.5 Å². The third-order valence-corrected chi connectivity index (χ3v) is 3.24. The normalized spacial score (nSPS) is 18.7. The molecule has 0 radical (unpaired) electrons. The fraction of sp³-hybridized carbons (Fsp3) is 0.571. The first-order valence-corrected chi connectivity index (χ1v) is 6.61. The molecule has 0 heterocycles. The Morgan fingerprint density at radius 3 is 2.80 bits per heavy atom. The van der Waals surface area contributed by atoms with Crippen LogP contribution in [0.15, 0.2) is 18.2 Å². The van der Waals surface area contributed by atoms with E-state index in [1.807, 2.05) is 18.2 Å². The number of alkyl halides is 3. The molecule has 112 valence electrons. The predicted molar refractivity (Wildman–Crippen MR) is 68.7 cm³/mol. The molecule has 0 saturated heterocycles. The van der Waals surface area contributed by atoms with Crippen molar-refractivity contribution in [3.63, 3.8) is 0 Å². The Balaban J connectivity index is 1.81. The maximum atomic E-state index is 11.9. The summed E-state index contributed by atoms with van der Waals surface area (Å²) in [6.07, 6.45) is -1.25. The van der Waals surface area contributed by atoms with Crippen LogP contribution in [0.5, 0.6) is 5.75 Å². The molecule has 0 saturated carbocycles. The van der Waals surface area contributed by atoms with Gasteiger partial charge < -0.3 is 15.2 Å². The summed E-state index contributed by atoms with van der Waals surface area (Å²) < 4.78 is 45.4. The number of hydrogen-bond acceptors (Lipinski definition) is 3. The molecule has 6 heteroatoms. The van der Waals surface area contributed by atoms with Crippen molar-refractivity contribution in [1.29, 1.82) is 0 Å². The largest absolute Gasteiger partial charge is 0.491 e. The van der Waals surface area contributed by atoms with E-state index >= 15 is 0 Å². The molecule has 1 aliphatic rings. The van der Waals surface area contributed by atoms with E-state index in [0.29, 0.717) is 5.75 Å². The molecule has 0 amide bonds. The molecule has 0 aliphatic heterocycles. The van der Waals surface area contributed by atoms with Gasteiger partial charge in [0.2, 0.25) is 0 Å². The standard InChI is InChI=1S/C14H18F3NO2/c15-14(16,17)9-19-6-7-20-11-5-4-10-2-1-3-13(18)12(10)8-11/h4-5,8,13H,1-3,6-7,9,18H2/t13-/m1/s1. The van der Waals surface area contributed by atoms with Crippen molar-refractivity contribution in [3.8, 4) is 5.75 Å². The van der Waals surface area contributed by atoms with E-state index in [0.717, 1.165) is 24.8 Å². The Kier molecular flexibility index (Phi) is 4.88. The number of ether oxygens (including phenoxy) is 2. The monoisotopic (exact) mass is 289 g/mol. The molecule has 0 unspecified atom stereocenters. The van der Waals surface area contributed by atoms with Crippen molar-refractivity contribution in [3.05, 3.63) is 29.3 Å². The molecule has 0 aromatic heterocycles. The van der Waals surface area contributed by atoms with Gasteiger partial charge in [0, 0.05) is 6.04 Å². The van der Waals surface area contributed by atoms with Crippen molar-refractivity contribution in [2.75, 3.05) is 19.8 Å². The van der Waals surface area contributed by atoms with Gasteiger partial charge in [0.1, 0.15) is 19.0 Å². The predicted octanol–water partition coefficient (Wildman–Crippen LogP) is 2.98. The van der Waals surface area contributed by atoms with Crippen LogP contribution in [0.25, 0.3) is 0 Å². The van der Waals surface area contributed by atoms with E-state index in [2.05, 4.69) is 4.74 Å². The molecule has 0 spiro atoms. The SMILES string of the molecule is N[C@@H]1CCCc2ccc(OCCOCC(F)(F)F)cc21. The summed E-state index contributed by atoms with van der Waals surface area (Å²) in [6, 6.07) is 5.69. The zero-order chi connectivity index (χ0) is 14.6. The lowest BCUT2D eigenvalue weighted by Crippen LogP contribution is -2.20. The average molecular weight is 289 g/mol. The quantitative estimate of drug-likeness (QED) is 0.848. The number of aryl methyl sites for hydroxylation is 1. The Morgan fingerprint density at radius 2 is 2.05 bits per heavy atom. The summed E-state index contributed by atoms with van der Waals surface area (Å²) in [6.45, 7) is -1.25. The van der Waals surface area contributed by atoms with Gasteiger partial charge >= 0.3 is 6.18 Å². The number of benzene rings is 1. The van der Waals surface area contributed by atoms with Crippen LogP contribution in [0, 0.1) is 0 Å². The fourth-order valence-electron chi connectivity index (χ4n) is 2.31. The van der Waals surface area contributed by atoms with Crippen LogP contribution >= 0.6 is 0 Å².